The minimum absolute atomic E-state index is 0.506. The normalized spacial score (nSPS) is 12.7. The maximum atomic E-state index is 10.0. The minimum Gasteiger partial charge on any atom is -0.386 e. The van der Waals surface area contributed by atoms with Gasteiger partial charge in [-0.25, -0.2) is 4.98 Å². The molecule has 3 nitrogen and oxygen atoms in total. The number of nitrogens with zero attached hydrogens (tertiary/aromatic N) is 2. The number of imidazole rings is 1. The first-order valence-corrected chi connectivity index (χ1v) is 5.85. The number of aliphatic hydroxyl groups is 1. The third-order valence-electron chi connectivity index (χ3n) is 2.54. The molecule has 0 fully saturated rings. The number of halogens is 1. The number of hydrogen-bond acceptors (Lipinski definition) is 2. The second-order valence-electron chi connectivity index (χ2n) is 3.78. The molecule has 4 heteroatoms. The maximum absolute atomic E-state index is 10.0. The highest BCUT2D eigenvalue weighted by atomic mass is 79.9. The molecule has 16 heavy (non-hydrogen) atoms. The first-order chi connectivity index (χ1) is 7.66. The summed E-state index contributed by atoms with van der Waals surface area (Å²) in [6, 6.07) is 7.96. The summed E-state index contributed by atoms with van der Waals surface area (Å²) in [4.78, 5) is 3.99. The van der Waals surface area contributed by atoms with Gasteiger partial charge < -0.3 is 9.67 Å². The van der Waals surface area contributed by atoms with Gasteiger partial charge in [-0.3, -0.25) is 0 Å². The Morgan fingerprint density at radius 1 is 1.38 bits per heavy atom. The summed E-state index contributed by atoms with van der Waals surface area (Å²) in [5.74, 6) is 0. The lowest BCUT2D eigenvalue weighted by Crippen LogP contribution is -2.06. The van der Waals surface area contributed by atoms with E-state index >= 15 is 0 Å². The number of aryl methyl sites for hydroxylation is 1. The van der Waals surface area contributed by atoms with Crippen molar-refractivity contribution in [1.82, 2.24) is 9.55 Å². The third-order valence-corrected chi connectivity index (χ3v) is 3.07. The molecule has 0 saturated heterocycles. The van der Waals surface area contributed by atoms with Gasteiger partial charge in [0.15, 0.2) is 0 Å². The highest BCUT2D eigenvalue weighted by molar-refractivity contribution is 9.10. The summed E-state index contributed by atoms with van der Waals surface area (Å²) in [7, 11) is 1.88. The number of rotatable bonds is 3. The van der Waals surface area contributed by atoms with Crippen LogP contribution in [-0.2, 0) is 13.5 Å². The fraction of sp³-hybridized carbons (Fsp3) is 0.250. The lowest BCUT2D eigenvalue weighted by Gasteiger charge is -2.11. The van der Waals surface area contributed by atoms with E-state index in [9.17, 15) is 5.11 Å². The van der Waals surface area contributed by atoms with Crippen LogP contribution in [0, 0.1) is 0 Å². The molecule has 0 saturated carbocycles. The van der Waals surface area contributed by atoms with Gasteiger partial charge in [-0.15, -0.1) is 0 Å². The smallest absolute Gasteiger partial charge is 0.0995 e. The molecule has 0 amide bonds. The Balaban J connectivity index is 2.10. The highest BCUT2D eigenvalue weighted by Gasteiger charge is 2.11. The molecular formula is C12H13BrN2O. The van der Waals surface area contributed by atoms with Gasteiger partial charge in [-0.05, 0) is 17.7 Å². The Morgan fingerprint density at radius 3 is 2.62 bits per heavy atom. The Bertz CT molecular complexity index is 464. The third kappa shape index (κ3) is 2.51. The standard InChI is InChI=1S/C12H13BrN2O/c1-15-8-14-7-11(15)12(16)6-9-2-4-10(13)5-3-9/h2-5,7-8,12,16H,6H2,1H3. The molecule has 0 bridgehead atoms. The average molecular weight is 281 g/mol. The molecule has 1 N–H and O–H groups in total. The number of aromatic nitrogens is 2. The van der Waals surface area contributed by atoms with E-state index in [1.54, 1.807) is 12.5 Å². The lowest BCUT2D eigenvalue weighted by molar-refractivity contribution is 0.170. The zero-order chi connectivity index (χ0) is 11.5. The largest absolute Gasteiger partial charge is 0.386 e. The molecule has 1 atom stereocenters. The molecule has 1 heterocycles. The van der Waals surface area contributed by atoms with Crippen LogP contribution in [0.3, 0.4) is 0 Å². The maximum Gasteiger partial charge on any atom is 0.0995 e. The van der Waals surface area contributed by atoms with Gasteiger partial charge in [0.25, 0.3) is 0 Å². The Hall–Kier alpha value is -1.13. The first-order valence-electron chi connectivity index (χ1n) is 5.05. The fourth-order valence-corrected chi connectivity index (χ4v) is 1.90. The topological polar surface area (TPSA) is 38.0 Å². The molecule has 2 aromatic rings. The lowest BCUT2D eigenvalue weighted by atomic mass is 10.1. The van der Waals surface area contributed by atoms with Crippen LogP contribution in [0.5, 0.6) is 0 Å². The Kier molecular flexibility index (Phi) is 3.41. The molecule has 0 aliphatic rings. The van der Waals surface area contributed by atoms with Crippen molar-refractivity contribution < 1.29 is 5.11 Å². The van der Waals surface area contributed by atoms with Gasteiger partial charge in [0.05, 0.1) is 24.3 Å². The molecule has 1 unspecified atom stereocenters. The van der Waals surface area contributed by atoms with Crippen molar-refractivity contribution in [1.29, 1.82) is 0 Å². The second-order valence-corrected chi connectivity index (χ2v) is 4.69. The van der Waals surface area contributed by atoms with Gasteiger partial charge in [0, 0.05) is 17.9 Å². The molecule has 0 radical (unpaired) electrons. The summed E-state index contributed by atoms with van der Waals surface area (Å²) in [6.07, 6.45) is 3.49. The van der Waals surface area contributed by atoms with Gasteiger partial charge in [-0.1, -0.05) is 28.1 Å². The summed E-state index contributed by atoms with van der Waals surface area (Å²) in [5.41, 5.74) is 1.94. The van der Waals surface area contributed by atoms with Crippen molar-refractivity contribution in [3.8, 4) is 0 Å². The van der Waals surface area contributed by atoms with Crippen LogP contribution in [0.4, 0.5) is 0 Å². The van der Waals surface area contributed by atoms with E-state index in [2.05, 4.69) is 20.9 Å². The van der Waals surface area contributed by atoms with Gasteiger partial charge in [0.2, 0.25) is 0 Å². The van der Waals surface area contributed by atoms with Crippen molar-refractivity contribution in [2.45, 2.75) is 12.5 Å². The highest BCUT2D eigenvalue weighted by Crippen LogP contribution is 2.18. The summed E-state index contributed by atoms with van der Waals surface area (Å²) >= 11 is 3.39. The molecule has 1 aromatic heterocycles. The Morgan fingerprint density at radius 2 is 2.06 bits per heavy atom. The monoisotopic (exact) mass is 280 g/mol. The van der Waals surface area contributed by atoms with Crippen molar-refractivity contribution in [3.05, 3.63) is 52.5 Å². The summed E-state index contributed by atoms with van der Waals surface area (Å²) in [6.45, 7) is 0. The fourth-order valence-electron chi connectivity index (χ4n) is 1.64. The van der Waals surface area contributed by atoms with Gasteiger partial charge >= 0.3 is 0 Å². The van der Waals surface area contributed by atoms with Crippen molar-refractivity contribution >= 4 is 15.9 Å². The number of hydrogen-bond donors (Lipinski definition) is 1. The molecule has 0 aliphatic heterocycles. The van der Waals surface area contributed by atoms with Crippen LogP contribution in [-0.4, -0.2) is 14.7 Å². The minimum atomic E-state index is -0.506. The first kappa shape index (κ1) is 11.4. The number of aliphatic hydroxyl groups excluding tert-OH is 1. The van der Waals surface area contributed by atoms with Crippen LogP contribution < -0.4 is 0 Å². The van der Waals surface area contributed by atoms with Gasteiger partial charge in [-0.2, -0.15) is 0 Å². The molecule has 0 aliphatic carbocycles. The van der Waals surface area contributed by atoms with E-state index in [4.69, 9.17) is 0 Å². The second kappa shape index (κ2) is 4.80. The zero-order valence-electron chi connectivity index (χ0n) is 8.97. The van der Waals surface area contributed by atoms with E-state index < -0.39 is 6.10 Å². The molecule has 2 rings (SSSR count). The summed E-state index contributed by atoms with van der Waals surface area (Å²) < 4.78 is 2.88. The van der Waals surface area contributed by atoms with E-state index in [0.717, 1.165) is 15.7 Å². The average Bonchev–Trinajstić information content (AvgIpc) is 2.68. The van der Waals surface area contributed by atoms with Crippen LogP contribution in [0.15, 0.2) is 41.3 Å². The predicted octanol–water partition coefficient (Wildman–Crippen LogP) is 2.46. The van der Waals surface area contributed by atoms with E-state index in [-0.39, 0.29) is 0 Å². The zero-order valence-corrected chi connectivity index (χ0v) is 10.6. The van der Waals surface area contributed by atoms with Crippen molar-refractivity contribution in [2.24, 2.45) is 7.05 Å². The Labute approximate surface area is 103 Å². The van der Waals surface area contributed by atoms with Crippen LogP contribution >= 0.6 is 15.9 Å². The van der Waals surface area contributed by atoms with Crippen molar-refractivity contribution in [2.75, 3.05) is 0 Å². The number of benzene rings is 1. The van der Waals surface area contributed by atoms with E-state index in [0.29, 0.717) is 6.42 Å². The van der Waals surface area contributed by atoms with Crippen LogP contribution in [0.25, 0.3) is 0 Å². The predicted molar refractivity (Wildman–Crippen MR) is 66.0 cm³/mol. The van der Waals surface area contributed by atoms with Crippen LogP contribution in [0.1, 0.15) is 17.4 Å². The van der Waals surface area contributed by atoms with Gasteiger partial charge in [0.1, 0.15) is 0 Å². The molecular weight excluding hydrogens is 268 g/mol. The van der Waals surface area contributed by atoms with Crippen LogP contribution in [0.2, 0.25) is 0 Å². The van der Waals surface area contributed by atoms with Crippen molar-refractivity contribution in [3.63, 3.8) is 0 Å². The van der Waals surface area contributed by atoms with E-state index in [1.807, 2.05) is 35.9 Å². The summed E-state index contributed by atoms with van der Waals surface area (Å²) in [5, 5.41) is 10.0. The van der Waals surface area contributed by atoms with E-state index in [1.165, 1.54) is 0 Å². The quantitative estimate of drug-likeness (QED) is 0.938. The SMILES string of the molecule is Cn1cncc1C(O)Cc1ccc(Br)cc1. The molecule has 1 aromatic carbocycles. The molecule has 0 spiro atoms. The molecule has 84 valence electrons.